The summed E-state index contributed by atoms with van der Waals surface area (Å²) in [6.07, 6.45) is 2.25. The fourth-order valence-corrected chi connectivity index (χ4v) is 2.00. The first-order chi connectivity index (χ1) is 10.0. The lowest BCUT2D eigenvalue weighted by molar-refractivity contribution is 0.0953. The van der Waals surface area contributed by atoms with Gasteiger partial charge in [-0.05, 0) is 18.2 Å². The van der Waals surface area contributed by atoms with Gasteiger partial charge < -0.3 is 10.6 Å². The Kier molecular flexibility index (Phi) is 4.52. The SMILES string of the molecule is CNc1c(F)cc(C(=O)NCCc2ccnn2C)cc1F. The Balaban J connectivity index is 1.99. The van der Waals surface area contributed by atoms with Crippen molar-refractivity contribution in [2.45, 2.75) is 6.42 Å². The molecule has 0 atom stereocenters. The van der Waals surface area contributed by atoms with Crippen molar-refractivity contribution in [3.63, 3.8) is 0 Å². The molecule has 0 aliphatic heterocycles. The van der Waals surface area contributed by atoms with E-state index in [9.17, 15) is 13.6 Å². The van der Waals surface area contributed by atoms with Gasteiger partial charge in [0, 0.05) is 44.5 Å². The first kappa shape index (κ1) is 15.0. The highest BCUT2D eigenvalue weighted by Crippen LogP contribution is 2.20. The highest BCUT2D eigenvalue weighted by molar-refractivity contribution is 5.94. The van der Waals surface area contributed by atoms with Gasteiger partial charge in [0.05, 0.1) is 0 Å². The summed E-state index contributed by atoms with van der Waals surface area (Å²) in [4.78, 5) is 11.9. The molecule has 2 aromatic rings. The molecular weight excluding hydrogens is 278 g/mol. The minimum absolute atomic E-state index is 0.0472. The molecule has 0 aliphatic carbocycles. The number of hydrogen-bond acceptors (Lipinski definition) is 3. The summed E-state index contributed by atoms with van der Waals surface area (Å²) in [5.74, 6) is -2.11. The minimum Gasteiger partial charge on any atom is -0.383 e. The van der Waals surface area contributed by atoms with Crippen LogP contribution in [0.25, 0.3) is 0 Å². The number of amides is 1. The summed E-state index contributed by atoms with van der Waals surface area (Å²) < 4.78 is 28.9. The van der Waals surface area contributed by atoms with E-state index in [0.717, 1.165) is 17.8 Å². The van der Waals surface area contributed by atoms with E-state index in [-0.39, 0.29) is 11.3 Å². The lowest BCUT2D eigenvalue weighted by atomic mass is 10.1. The fraction of sp³-hybridized carbons (Fsp3) is 0.286. The van der Waals surface area contributed by atoms with Crippen molar-refractivity contribution in [2.24, 2.45) is 7.05 Å². The third-order valence-electron chi connectivity index (χ3n) is 3.14. The Morgan fingerprint density at radius 3 is 2.52 bits per heavy atom. The lowest BCUT2D eigenvalue weighted by Crippen LogP contribution is -2.26. The van der Waals surface area contributed by atoms with Crippen molar-refractivity contribution >= 4 is 11.6 Å². The average Bonchev–Trinajstić information content (AvgIpc) is 2.84. The molecule has 0 radical (unpaired) electrons. The molecule has 1 aromatic carbocycles. The molecule has 2 N–H and O–H groups in total. The highest BCUT2D eigenvalue weighted by atomic mass is 19.1. The number of rotatable bonds is 5. The van der Waals surface area contributed by atoms with Gasteiger partial charge in [-0.25, -0.2) is 8.78 Å². The van der Waals surface area contributed by atoms with Crippen LogP contribution in [0, 0.1) is 11.6 Å². The second-order valence-corrected chi connectivity index (χ2v) is 4.52. The van der Waals surface area contributed by atoms with Crippen molar-refractivity contribution in [1.82, 2.24) is 15.1 Å². The van der Waals surface area contributed by atoms with Crippen LogP contribution in [0.15, 0.2) is 24.4 Å². The van der Waals surface area contributed by atoms with E-state index in [1.54, 1.807) is 17.9 Å². The van der Waals surface area contributed by atoms with Crippen LogP contribution >= 0.6 is 0 Å². The van der Waals surface area contributed by atoms with Crippen LogP contribution in [0.1, 0.15) is 16.1 Å². The summed E-state index contributed by atoms with van der Waals surface area (Å²) in [5, 5.41) is 9.04. The van der Waals surface area contributed by atoms with Crippen LogP contribution in [0.3, 0.4) is 0 Å². The van der Waals surface area contributed by atoms with Crippen LogP contribution in [-0.4, -0.2) is 29.3 Å². The summed E-state index contributed by atoms with van der Waals surface area (Å²) in [5.41, 5.74) is 0.661. The molecule has 0 saturated heterocycles. The number of carbonyl (C=O) groups is 1. The van der Waals surface area contributed by atoms with E-state index in [0.29, 0.717) is 13.0 Å². The highest BCUT2D eigenvalue weighted by Gasteiger charge is 2.14. The number of aryl methyl sites for hydroxylation is 1. The fourth-order valence-electron chi connectivity index (χ4n) is 2.00. The first-order valence-corrected chi connectivity index (χ1v) is 6.44. The van der Waals surface area contributed by atoms with E-state index in [1.807, 2.05) is 6.07 Å². The molecule has 112 valence electrons. The largest absolute Gasteiger partial charge is 0.383 e. The zero-order valence-electron chi connectivity index (χ0n) is 11.8. The van der Waals surface area contributed by atoms with Gasteiger partial charge in [-0.15, -0.1) is 0 Å². The van der Waals surface area contributed by atoms with Gasteiger partial charge >= 0.3 is 0 Å². The van der Waals surface area contributed by atoms with Crippen LogP contribution in [0.2, 0.25) is 0 Å². The molecule has 7 heteroatoms. The Morgan fingerprint density at radius 2 is 2.00 bits per heavy atom. The number of anilines is 1. The van der Waals surface area contributed by atoms with Crippen molar-refractivity contribution in [3.8, 4) is 0 Å². The Hall–Kier alpha value is -2.44. The van der Waals surface area contributed by atoms with Crippen LogP contribution in [0.5, 0.6) is 0 Å². The minimum atomic E-state index is -0.797. The van der Waals surface area contributed by atoms with Crippen LogP contribution < -0.4 is 10.6 Å². The molecule has 0 fully saturated rings. The Labute approximate surface area is 121 Å². The number of halogens is 2. The average molecular weight is 294 g/mol. The second-order valence-electron chi connectivity index (χ2n) is 4.52. The van der Waals surface area contributed by atoms with E-state index in [1.165, 1.54) is 7.05 Å². The molecule has 1 aromatic heterocycles. The molecule has 0 unspecified atom stereocenters. The normalized spacial score (nSPS) is 10.5. The molecule has 0 bridgehead atoms. The lowest BCUT2D eigenvalue weighted by Gasteiger charge is -2.08. The van der Waals surface area contributed by atoms with Crippen molar-refractivity contribution in [1.29, 1.82) is 0 Å². The molecule has 21 heavy (non-hydrogen) atoms. The third kappa shape index (κ3) is 3.36. The van der Waals surface area contributed by atoms with E-state index >= 15 is 0 Å². The molecule has 1 heterocycles. The molecule has 0 aliphatic rings. The maximum atomic E-state index is 13.6. The van der Waals surface area contributed by atoms with Gasteiger partial charge in [0.2, 0.25) is 0 Å². The quantitative estimate of drug-likeness (QED) is 0.882. The zero-order valence-corrected chi connectivity index (χ0v) is 11.8. The van der Waals surface area contributed by atoms with Crippen molar-refractivity contribution < 1.29 is 13.6 Å². The maximum Gasteiger partial charge on any atom is 0.251 e. The van der Waals surface area contributed by atoms with Gasteiger partial charge in [-0.3, -0.25) is 9.48 Å². The Bertz CT molecular complexity index is 631. The van der Waals surface area contributed by atoms with Crippen LogP contribution in [0.4, 0.5) is 14.5 Å². The molecule has 0 saturated carbocycles. The maximum absolute atomic E-state index is 13.6. The molecule has 2 rings (SSSR count). The summed E-state index contributed by atoms with van der Waals surface area (Å²) in [6, 6.07) is 3.86. The number of carbonyl (C=O) groups excluding carboxylic acids is 1. The van der Waals surface area contributed by atoms with Gasteiger partial charge in [0.1, 0.15) is 17.3 Å². The van der Waals surface area contributed by atoms with Gasteiger partial charge in [0.15, 0.2) is 0 Å². The van der Waals surface area contributed by atoms with E-state index < -0.39 is 17.5 Å². The number of benzene rings is 1. The monoisotopic (exact) mass is 294 g/mol. The van der Waals surface area contributed by atoms with Gasteiger partial charge in [-0.1, -0.05) is 0 Å². The smallest absolute Gasteiger partial charge is 0.251 e. The summed E-state index contributed by atoms with van der Waals surface area (Å²) in [6.45, 7) is 0.357. The standard InChI is InChI=1S/C14H16F2N4O/c1-17-13-11(15)7-9(8-12(13)16)14(21)18-5-3-10-4-6-19-20(10)2/h4,6-8,17H,3,5H2,1-2H3,(H,18,21). The second kappa shape index (κ2) is 6.34. The topological polar surface area (TPSA) is 59.0 Å². The number of hydrogen-bond donors (Lipinski definition) is 2. The van der Waals surface area contributed by atoms with Crippen molar-refractivity contribution in [3.05, 3.63) is 47.3 Å². The molecule has 1 amide bonds. The van der Waals surface area contributed by atoms with E-state index in [4.69, 9.17) is 0 Å². The van der Waals surface area contributed by atoms with E-state index in [2.05, 4.69) is 15.7 Å². The third-order valence-corrected chi connectivity index (χ3v) is 3.14. The van der Waals surface area contributed by atoms with Gasteiger partial charge in [-0.2, -0.15) is 5.10 Å². The molecule has 5 nitrogen and oxygen atoms in total. The predicted molar refractivity (Wildman–Crippen MR) is 75.1 cm³/mol. The van der Waals surface area contributed by atoms with Crippen LogP contribution in [-0.2, 0) is 13.5 Å². The number of aromatic nitrogens is 2. The molecular formula is C14H16F2N4O. The number of nitrogens with one attached hydrogen (secondary N) is 2. The number of nitrogens with zero attached hydrogens (tertiary/aromatic N) is 2. The zero-order chi connectivity index (χ0) is 15.4. The molecule has 0 spiro atoms. The Morgan fingerprint density at radius 1 is 1.33 bits per heavy atom. The van der Waals surface area contributed by atoms with Gasteiger partial charge in [0.25, 0.3) is 5.91 Å². The first-order valence-electron chi connectivity index (χ1n) is 6.44. The predicted octanol–water partition coefficient (Wildman–Crippen LogP) is 1.71. The summed E-state index contributed by atoms with van der Waals surface area (Å²) >= 11 is 0. The summed E-state index contributed by atoms with van der Waals surface area (Å²) in [7, 11) is 3.22. The van der Waals surface area contributed by atoms with Crippen molar-refractivity contribution in [2.75, 3.05) is 18.9 Å².